The van der Waals surface area contributed by atoms with E-state index in [9.17, 15) is 13.2 Å². The molecule has 0 radical (unpaired) electrons. The van der Waals surface area contributed by atoms with Gasteiger partial charge in [0, 0.05) is 24.2 Å². The Kier molecular flexibility index (Phi) is 6.55. The minimum atomic E-state index is -0.987. The van der Waals surface area contributed by atoms with Crippen molar-refractivity contribution in [1.82, 2.24) is 0 Å². The van der Waals surface area contributed by atoms with Crippen molar-refractivity contribution in [3.05, 3.63) is 58.9 Å². The van der Waals surface area contributed by atoms with Crippen LogP contribution in [0.1, 0.15) is 49.7 Å². The summed E-state index contributed by atoms with van der Waals surface area (Å²) in [5.74, 6) is -2.35. The Morgan fingerprint density at radius 3 is 2.44 bits per heavy atom. The summed E-state index contributed by atoms with van der Waals surface area (Å²) >= 11 is 0. The maximum Gasteiger partial charge on any atom is 0.167 e. The highest BCUT2D eigenvalue weighted by molar-refractivity contribution is 5.66. The number of benzene rings is 2. The zero-order valence-corrected chi connectivity index (χ0v) is 15.7. The summed E-state index contributed by atoms with van der Waals surface area (Å²) in [5, 5.41) is 0. The third-order valence-electron chi connectivity index (χ3n) is 5.21. The lowest BCUT2D eigenvalue weighted by molar-refractivity contribution is -0.150. The molecule has 146 valence electrons. The van der Waals surface area contributed by atoms with Gasteiger partial charge in [-0.15, -0.1) is 0 Å². The second-order valence-electron chi connectivity index (χ2n) is 7.02. The number of hydrogen-bond acceptors (Lipinski definition) is 2. The fraction of sp³-hybridized carbons (Fsp3) is 0.455. The molecule has 2 nitrogen and oxygen atoms in total. The van der Waals surface area contributed by atoms with E-state index in [4.69, 9.17) is 9.47 Å². The first-order chi connectivity index (χ1) is 13.0. The van der Waals surface area contributed by atoms with E-state index in [1.54, 1.807) is 19.2 Å². The van der Waals surface area contributed by atoms with E-state index < -0.39 is 17.5 Å². The molecule has 1 saturated heterocycles. The van der Waals surface area contributed by atoms with E-state index in [-0.39, 0.29) is 23.3 Å². The average Bonchev–Trinajstić information content (AvgIpc) is 2.69. The van der Waals surface area contributed by atoms with E-state index in [1.807, 2.05) is 6.92 Å². The number of unbranched alkanes of at least 4 members (excludes halogenated alkanes) is 1. The molecule has 0 spiro atoms. The third kappa shape index (κ3) is 4.36. The van der Waals surface area contributed by atoms with Gasteiger partial charge in [0.05, 0.1) is 6.61 Å². The maximum atomic E-state index is 14.7. The molecule has 1 aliphatic heterocycles. The number of ether oxygens (including phenoxy) is 2. The number of halogens is 3. The van der Waals surface area contributed by atoms with E-state index in [2.05, 4.69) is 0 Å². The number of methoxy groups -OCH3 is 1. The van der Waals surface area contributed by atoms with Crippen molar-refractivity contribution in [3.63, 3.8) is 0 Å². The highest BCUT2D eigenvalue weighted by Crippen LogP contribution is 2.33. The monoisotopic (exact) mass is 378 g/mol. The minimum Gasteiger partial charge on any atom is -0.356 e. The Hall–Kier alpha value is -1.85. The Morgan fingerprint density at radius 1 is 1.04 bits per heavy atom. The average molecular weight is 378 g/mol. The predicted octanol–water partition coefficient (Wildman–Crippen LogP) is 5.98. The van der Waals surface area contributed by atoms with Crippen LogP contribution in [0.4, 0.5) is 13.2 Å². The van der Waals surface area contributed by atoms with E-state index >= 15 is 0 Å². The third-order valence-corrected chi connectivity index (χ3v) is 5.21. The SMILES string of the molecule is CCCCc1ccc(-c2ccc(C3CCC(OC)OC3)cc2F)c(F)c1F. The molecule has 2 aromatic rings. The summed E-state index contributed by atoms with van der Waals surface area (Å²) in [5.41, 5.74) is 1.16. The maximum absolute atomic E-state index is 14.7. The standard InChI is InChI=1S/C22H25F3O2/c1-3-4-5-14-6-10-18(22(25)21(14)24)17-9-7-15(12-19(17)23)16-8-11-20(26-2)27-13-16/h6-7,9-10,12,16,20H,3-5,8,11,13H2,1-2H3. The van der Waals surface area contributed by atoms with E-state index in [1.165, 1.54) is 18.2 Å². The number of rotatable bonds is 6. The fourth-order valence-electron chi connectivity index (χ4n) is 3.54. The molecular weight excluding hydrogens is 353 g/mol. The van der Waals surface area contributed by atoms with E-state index in [0.717, 1.165) is 31.2 Å². The van der Waals surface area contributed by atoms with Crippen LogP contribution in [0.3, 0.4) is 0 Å². The van der Waals surface area contributed by atoms with Crippen LogP contribution in [0, 0.1) is 17.5 Å². The van der Waals surface area contributed by atoms with Gasteiger partial charge < -0.3 is 9.47 Å². The lowest BCUT2D eigenvalue weighted by Gasteiger charge is -2.28. The summed E-state index contributed by atoms with van der Waals surface area (Å²) in [6, 6.07) is 7.71. The summed E-state index contributed by atoms with van der Waals surface area (Å²) in [6.07, 6.45) is 3.51. The molecule has 2 atom stereocenters. The first-order valence-corrected chi connectivity index (χ1v) is 9.46. The highest BCUT2D eigenvalue weighted by atomic mass is 19.2. The molecule has 0 bridgehead atoms. The van der Waals surface area contributed by atoms with Crippen LogP contribution in [0.25, 0.3) is 11.1 Å². The Labute approximate surface area is 158 Å². The van der Waals surface area contributed by atoms with Gasteiger partial charge in [0.15, 0.2) is 17.9 Å². The minimum absolute atomic E-state index is 0.0452. The largest absolute Gasteiger partial charge is 0.356 e. The normalized spacial score (nSPS) is 20.0. The summed E-state index contributed by atoms with van der Waals surface area (Å²) in [4.78, 5) is 0. The summed E-state index contributed by atoms with van der Waals surface area (Å²) < 4.78 is 54.3. The van der Waals surface area contributed by atoms with Gasteiger partial charge in [-0.2, -0.15) is 0 Å². The Bertz CT molecular complexity index is 783. The van der Waals surface area contributed by atoms with Gasteiger partial charge in [-0.1, -0.05) is 37.6 Å². The second-order valence-corrected chi connectivity index (χ2v) is 7.02. The molecule has 0 saturated carbocycles. The smallest absolute Gasteiger partial charge is 0.167 e. The van der Waals surface area contributed by atoms with Gasteiger partial charge in [-0.3, -0.25) is 0 Å². The molecule has 0 N–H and O–H groups in total. The van der Waals surface area contributed by atoms with Crippen molar-refractivity contribution in [2.24, 2.45) is 0 Å². The van der Waals surface area contributed by atoms with Gasteiger partial charge in [0.2, 0.25) is 0 Å². The summed E-state index contributed by atoms with van der Waals surface area (Å²) in [6.45, 7) is 2.44. The first kappa shape index (κ1) is 19.9. The molecule has 2 aromatic carbocycles. The van der Waals surface area contributed by atoms with Crippen LogP contribution < -0.4 is 0 Å². The van der Waals surface area contributed by atoms with Gasteiger partial charge in [0.1, 0.15) is 5.82 Å². The number of hydrogen-bond donors (Lipinski definition) is 0. The zero-order chi connectivity index (χ0) is 19.4. The fourth-order valence-corrected chi connectivity index (χ4v) is 3.54. The van der Waals surface area contributed by atoms with Crippen LogP contribution >= 0.6 is 0 Å². The van der Waals surface area contributed by atoms with Gasteiger partial charge in [-0.05, 0) is 42.9 Å². The molecule has 27 heavy (non-hydrogen) atoms. The molecule has 1 aliphatic rings. The summed E-state index contributed by atoms with van der Waals surface area (Å²) in [7, 11) is 1.60. The van der Waals surface area contributed by atoms with Crippen molar-refractivity contribution in [3.8, 4) is 11.1 Å². The van der Waals surface area contributed by atoms with E-state index in [0.29, 0.717) is 18.6 Å². The van der Waals surface area contributed by atoms with Crippen molar-refractivity contribution >= 4 is 0 Å². The van der Waals surface area contributed by atoms with Gasteiger partial charge in [0.25, 0.3) is 0 Å². The topological polar surface area (TPSA) is 18.5 Å². The highest BCUT2D eigenvalue weighted by Gasteiger charge is 2.24. The van der Waals surface area contributed by atoms with Crippen LogP contribution in [0.5, 0.6) is 0 Å². The van der Waals surface area contributed by atoms with Gasteiger partial charge >= 0.3 is 0 Å². The van der Waals surface area contributed by atoms with Crippen molar-refractivity contribution < 1.29 is 22.6 Å². The zero-order valence-electron chi connectivity index (χ0n) is 15.7. The van der Waals surface area contributed by atoms with Crippen LogP contribution in [0.2, 0.25) is 0 Å². The molecule has 0 amide bonds. The van der Waals surface area contributed by atoms with Crippen molar-refractivity contribution in [1.29, 1.82) is 0 Å². The predicted molar refractivity (Wildman–Crippen MR) is 99.1 cm³/mol. The molecule has 1 heterocycles. The molecule has 3 rings (SSSR count). The molecule has 0 aliphatic carbocycles. The Balaban J connectivity index is 1.83. The first-order valence-electron chi connectivity index (χ1n) is 9.46. The quantitative estimate of drug-likeness (QED) is 0.616. The van der Waals surface area contributed by atoms with Crippen molar-refractivity contribution in [2.75, 3.05) is 13.7 Å². The Morgan fingerprint density at radius 2 is 1.81 bits per heavy atom. The molecule has 5 heteroatoms. The molecule has 0 aromatic heterocycles. The molecule has 2 unspecified atom stereocenters. The van der Waals surface area contributed by atoms with Crippen LogP contribution in [0.15, 0.2) is 30.3 Å². The molecule has 1 fully saturated rings. The van der Waals surface area contributed by atoms with Crippen LogP contribution in [-0.4, -0.2) is 20.0 Å². The number of aryl methyl sites for hydroxylation is 1. The van der Waals surface area contributed by atoms with Crippen molar-refractivity contribution in [2.45, 2.75) is 51.2 Å². The molecular formula is C22H25F3O2. The second kappa shape index (κ2) is 8.89. The lowest BCUT2D eigenvalue weighted by Crippen LogP contribution is -2.26. The lowest BCUT2D eigenvalue weighted by atomic mass is 9.91. The van der Waals surface area contributed by atoms with Crippen LogP contribution in [-0.2, 0) is 15.9 Å². The van der Waals surface area contributed by atoms with Gasteiger partial charge in [-0.25, -0.2) is 13.2 Å².